The molecule has 1 aromatic rings. The van der Waals surface area contributed by atoms with E-state index in [0.717, 1.165) is 0 Å². The number of H-pyrrole nitrogens is 1. The number of rotatable bonds is 0. The summed E-state index contributed by atoms with van der Waals surface area (Å²) in [5.74, 6) is 0. The van der Waals surface area contributed by atoms with Crippen LogP contribution in [0.3, 0.4) is 0 Å². The molecule has 0 unspecified atom stereocenters. The van der Waals surface area contributed by atoms with Crippen LogP contribution in [0, 0.1) is 6.92 Å². The Morgan fingerprint density at radius 2 is 1.82 bits per heavy atom. The Morgan fingerprint density at radius 1 is 1.36 bits per heavy atom. The summed E-state index contributed by atoms with van der Waals surface area (Å²) in [5.41, 5.74) is 1.18. The number of aryl methyl sites for hydroxylation is 1. The SMILES string of the molecule is CC.CCC.Cc1cn[nH]c1. The lowest BCUT2D eigenvalue weighted by Crippen LogP contribution is -1.53. The molecule has 0 aliphatic rings. The molecule has 0 saturated heterocycles. The zero-order valence-corrected chi connectivity index (χ0v) is 8.31. The maximum Gasteiger partial charge on any atom is 0.0516 e. The van der Waals surface area contributed by atoms with Gasteiger partial charge in [0.05, 0.1) is 6.20 Å². The fraction of sp³-hybridized carbons (Fsp3) is 0.667. The molecule has 1 rings (SSSR count). The molecule has 0 spiro atoms. The van der Waals surface area contributed by atoms with E-state index in [9.17, 15) is 0 Å². The van der Waals surface area contributed by atoms with Crippen molar-refractivity contribution in [2.24, 2.45) is 0 Å². The molecule has 0 aliphatic heterocycles. The summed E-state index contributed by atoms with van der Waals surface area (Å²) >= 11 is 0. The van der Waals surface area contributed by atoms with Gasteiger partial charge in [-0.1, -0.05) is 34.1 Å². The molecule has 11 heavy (non-hydrogen) atoms. The largest absolute Gasteiger partial charge is 0.285 e. The summed E-state index contributed by atoms with van der Waals surface area (Å²) in [7, 11) is 0. The summed E-state index contributed by atoms with van der Waals surface area (Å²) in [6, 6.07) is 0. The maximum atomic E-state index is 3.70. The zero-order chi connectivity index (χ0) is 9.11. The van der Waals surface area contributed by atoms with Crippen LogP contribution in [-0.2, 0) is 0 Å². The topological polar surface area (TPSA) is 28.7 Å². The molecule has 0 aliphatic carbocycles. The minimum atomic E-state index is 1.18. The van der Waals surface area contributed by atoms with Crippen LogP contribution in [0.15, 0.2) is 12.4 Å². The number of hydrogen-bond donors (Lipinski definition) is 1. The first kappa shape index (κ1) is 12.8. The fourth-order valence-electron chi connectivity index (χ4n) is 0.315. The van der Waals surface area contributed by atoms with E-state index < -0.39 is 0 Å². The Kier molecular flexibility index (Phi) is 13.9. The highest BCUT2D eigenvalue weighted by molar-refractivity contribution is 4.96. The van der Waals surface area contributed by atoms with Crippen molar-refractivity contribution >= 4 is 0 Å². The van der Waals surface area contributed by atoms with Crippen LogP contribution < -0.4 is 0 Å². The molecular formula is C9H20N2. The van der Waals surface area contributed by atoms with Crippen LogP contribution in [0.5, 0.6) is 0 Å². The van der Waals surface area contributed by atoms with E-state index in [0.29, 0.717) is 0 Å². The number of aromatic nitrogens is 2. The smallest absolute Gasteiger partial charge is 0.0516 e. The van der Waals surface area contributed by atoms with Crippen molar-refractivity contribution in [1.29, 1.82) is 0 Å². The first-order chi connectivity index (χ1) is 5.31. The van der Waals surface area contributed by atoms with Gasteiger partial charge < -0.3 is 0 Å². The Hall–Kier alpha value is -0.790. The number of nitrogens with zero attached hydrogens (tertiary/aromatic N) is 1. The van der Waals surface area contributed by atoms with Crippen LogP contribution in [0.2, 0.25) is 0 Å². The number of aromatic amines is 1. The van der Waals surface area contributed by atoms with Gasteiger partial charge >= 0.3 is 0 Å². The maximum absolute atomic E-state index is 3.70. The standard InChI is InChI=1S/C4H6N2.C3H8.C2H6/c1-4-2-5-6-3-4;1-3-2;1-2/h2-3H,1H3,(H,5,6);3H2,1-2H3;1-2H3. The second-order valence-electron chi connectivity index (χ2n) is 1.98. The van der Waals surface area contributed by atoms with Gasteiger partial charge in [-0.2, -0.15) is 5.10 Å². The van der Waals surface area contributed by atoms with Gasteiger partial charge in [0.1, 0.15) is 0 Å². The summed E-state index contributed by atoms with van der Waals surface area (Å²) in [6.07, 6.45) is 4.88. The van der Waals surface area contributed by atoms with Gasteiger partial charge in [0.2, 0.25) is 0 Å². The molecule has 0 fully saturated rings. The zero-order valence-electron chi connectivity index (χ0n) is 8.31. The van der Waals surface area contributed by atoms with Gasteiger partial charge in [-0.15, -0.1) is 0 Å². The van der Waals surface area contributed by atoms with Crippen molar-refractivity contribution in [2.75, 3.05) is 0 Å². The molecule has 2 nitrogen and oxygen atoms in total. The van der Waals surface area contributed by atoms with Gasteiger partial charge in [0.25, 0.3) is 0 Å². The molecule has 1 aromatic heterocycles. The summed E-state index contributed by atoms with van der Waals surface area (Å²) < 4.78 is 0. The van der Waals surface area contributed by atoms with Gasteiger partial charge in [-0.05, 0) is 12.5 Å². The molecule has 1 heterocycles. The van der Waals surface area contributed by atoms with Crippen LogP contribution in [0.4, 0.5) is 0 Å². The predicted octanol–water partition coefficient (Wildman–Crippen LogP) is 3.16. The highest BCUT2D eigenvalue weighted by atomic mass is 15.1. The molecular weight excluding hydrogens is 136 g/mol. The Labute approximate surface area is 70.0 Å². The third kappa shape index (κ3) is 12.4. The van der Waals surface area contributed by atoms with E-state index in [1.807, 2.05) is 27.0 Å². The van der Waals surface area contributed by atoms with Gasteiger partial charge in [-0.3, -0.25) is 5.10 Å². The Balaban J connectivity index is 0. The van der Waals surface area contributed by atoms with Crippen molar-refractivity contribution in [3.63, 3.8) is 0 Å². The van der Waals surface area contributed by atoms with Gasteiger partial charge in [-0.25, -0.2) is 0 Å². The molecule has 0 atom stereocenters. The number of nitrogens with one attached hydrogen (secondary N) is 1. The highest BCUT2D eigenvalue weighted by Gasteiger charge is 1.74. The van der Waals surface area contributed by atoms with Gasteiger partial charge in [0.15, 0.2) is 0 Å². The van der Waals surface area contributed by atoms with Crippen molar-refractivity contribution in [1.82, 2.24) is 10.2 Å². The molecule has 2 heteroatoms. The quantitative estimate of drug-likeness (QED) is 0.614. The lowest BCUT2D eigenvalue weighted by molar-refractivity contribution is 1.09. The van der Waals surface area contributed by atoms with E-state index >= 15 is 0 Å². The van der Waals surface area contributed by atoms with E-state index in [2.05, 4.69) is 24.0 Å². The van der Waals surface area contributed by atoms with Gasteiger partial charge in [0, 0.05) is 6.20 Å². The number of hydrogen-bond acceptors (Lipinski definition) is 1. The van der Waals surface area contributed by atoms with Crippen LogP contribution >= 0.6 is 0 Å². The van der Waals surface area contributed by atoms with Crippen LogP contribution in [0.25, 0.3) is 0 Å². The first-order valence-corrected chi connectivity index (χ1v) is 4.26. The van der Waals surface area contributed by atoms with Crippen LogP contribution in [-0.4, -0.2) is 10.2 Å². The average Bonchev–Trinajstić information content (AvgIpc) is 2.46. The van der Waals surface area contributed by atoms with Crippen molar-refractivity contribution in [3.05, 3.63) is 18.0 Å². The molecule has 0 bridgehead atoms. The Morgan fingerprint density at radius 3 is 1.91 bits per heavy atom. The fourth-order valence-corrected chi connectivity index (χ4v) is 0.315. The minimum absolute atomic E-state index is 1.18. The normalized spacial score (nSPS) is 7.00. The van der Waals surface area contributed by atoms with E-state index in [1.54, 1.807) is 6.20 Å². The third-order valence-corrected chi connectivity index (χ3v) is 0.635. The second-order valence-corrected chi connectivity index (χ2v) is 1.98. The lowest BCUT2D eigenvalue weighted by Gasteiger charge is -1.62. The molecule has 66 valence electrons. The van der Waals surface area contributed by atoms with E-state index in [-0.39, 0.29) is 0 Å². The molecule has 1 N–H and O–H groups in total. The molecule has 0 saturated carbocycles. The minimum Gasteiger partial charge on any atom is -0.285 e. The summed E-state index contributed by atoms with van der Waals surface area (Å²) in [4.78, 5) is 0. The predicted molar refractivity (Wildman–Crippen MR) is 50.6 cm³/mol. The third-order valence-electron chi connectivity index (χ3n) is 0.635. The summed E-state index contributed by atoms with van der Waals surface area (Å²) in [6.45, 7) is 10.2. The van der Waals surface area contributed by atoms with Crippen molar-refractivity contribution in [2.45, 2.75) is 41.0 Å². The van der Waals surface area contributed by atoms with Crippen LogP contribution in [0.1, 0.15) is 39.7 Å². The first-order valence-electron chi connectivity index (χ1n) is 4.26. The van der Waals surface area contributed by atoms with E-state index in [4.69, 9.17) is 0 Å². The van der Waals surface area contributed by atoms with E-state index in [1.165, 1.54) is 12.0 Å². The molecule has 0 radical (unpaired) electrons. The monoisotopic (exact) mass is 156 g/mol. The highest BCUT2D eigenvalue weighted by Crippen LogP contribution is 1.84. The van der Waals surface area contributed by atoms with Crippen molar-refractivity contribution in [3.8, 4) is 0 Å². The lowest BCUT2D eigenvalue weighted by atomic mass is 10.4. The molecule has 0 aromatic carbocycles. The van der Waals surface area contributed by atoms with Crippen molar-refractivity contribution < 1.29 is 0 Å². The average molecular weight is 156 g/mol. The molecule has 0 amide bonds. The summed E-state index contributed by atoms with van der Waals surface area (Å²) in [5, 5.41) is 6.38. The second kappa shape index (κ2) is 11.9. The Bertz CT molecular complexity index is 122.